The molecule has 1 atom stereocenters. The first-order valence-electron chi connectivity index (χ1n) is 6.54. The molecule has 2 rings (SSSR count). The molecular weight excluding hydrogens is 305 g/mol. The molecule has 1 aliphatic rings. The van der Waals surface area contributed by atoms with Crippen molar-refractivity contribution < 1.29 is 18.0 Å². The first-order valence-corrected chi connectivity index (χ1v) is 6.54. The van der Waals surface area contributed by atoms with Gasteiger partial charge < -0.3 is 11.1 Å². The Morgan fingerprint density at radius 2 is 1.86 bits per heavy atom. The fourth-order valence-corrected chi connectivity index (χ4v) is 1.98. The average molecular weight is 323 g/mol. The third kappa shape index (κ3) is 5.55. The maximum atomic E-state index is 12.4. The second kappa shape index (κ2) is 7.13. The molecule has 3 N–H and O–H groups in total. The van der Waals surface area contributed by atoms with Gasteiger partial charge in [-0.05, 0) is 36.5 Å². The molecule has 0 saturated heterocycles. The molecule has 0 radical (unpaired) electrons. The lowest BCUT2D eigenvalue weighted by atomic mass is 10.1. The minimum atomic E-state index is -4.35. The Labute approximate surface area is 127 Å². The third-order valence-electron chi connectivity index (χ3n) is 3.41. The molecule has 1 saturated carbocycles. The molecule has 0 bridgehead atoms. The highest BCUT2D eigenvalue weighted by molar-refractivity contribution is 5.85. The molecule has 1 aromatic carbocycles. The van der Waals surface area contributed by atoms with Crippen LogP contribution in [0.2, 0.25) is 0 Å². The number of nitrogens with two attached hydrogens (primary N) is 1. The fraction of sp³-hybridized carbons (Fsp3) is 0.500. The van der Waals surface area contributed by atoms with Crippen LogP contribution in [0.3, 0.4) is 0 Å². The van der Waals surface area contributed by atoms with Crippen LogP contribution < -0.4 is 11.1 Å². The van der Waals surface area contributed by atoms with Gasteiger partial charge in [0.05, 0.1) is 12.0 Å². The van der Waals surface area contributed by atoms with E-state index in [0.717, 1.165) is 25.0 Å². The van der Waals surface area contributed by atoms with E-state index in [4.69, 9.17) is 5.73 Å². The Morgan fingerprint density at radius 1 is 1.29 bits per heavy atom. The van der Waals surface area contributed by atoms with Crippen molar-refractivity contribution in [2.24, 2.45) is 11.7 Å². The Morgan fingerprint density at radius 3 is 2.33 bits per heavy atom. The lowest BCUT2D eigenvalue weighted by Crippen LogP contribution is -2.39. The molecule has 0 aromatic heterocycles. The van der Waals surface area contributed by atoms with E-state index in [2.05, 4.69) is 5.32 Å². The van der Waals surface area contributed by atoms with Crippen molar-refractivity contribution in [3.8, 4) is 0 Å². The smallest absolute Gasteiger partial charge is 0.354 e. The average Bonchev–Trinajstić information content (AvgIpc) is 3.20. The lowest BCUT2D eigenvalue weighted by Gasteiger charge is -2.12. The van der Waals surface area contributed by atoms with Crippen LogP contribution in [0.5, 0.6) is 0 Å². The zero-order valence-electron chi connectivity index (χ0n) is 11.3. The highest BCUT2D eigenvalue weighted by atomic mass is 35.5. The van der Waals surface area contributed by atoms with E-state index in [1.165, 1.54) is 12.1 Å². The Balaban J connectivity index is 0.00000220. The summed E-state index contributed by atoms with van der Waals surface area (Å²) in [5, 5.41) is 2.71. The molecule has 118 valence electrons. The summed E-state index contributed by atoms with van der Waals surface area (Å²) in [5.74, 6) is 0.280. The molecule has 1 aliphatic carbocycles. The van der Waals surface area contributed by atoms with Crippen LogP contribution in [0.4, 0.5) is 13.2 Å². The highest BCUT2D eigenvalue weighted by Crippen LogP contribution is 2.31. The van der Waals surface area contributed by atoms with Gasteiger partial charge in [-0.3, -0.25) is 4.79 Å². The Hall–Kier alpha value is -1.27. The maximum Gasteiger partial charge on any atom is 0.416 e. The predicted molar refractivity (Wildman–Crippen MR) is 76.1 cm³/mol. The summed E-state index contributed by atoms with van der Waals surface area (Å²) in [6, 6.07) is 4.59. The zero-order valence-corrected chi connectivity index (χ0v) is 12.1. The number of amides is 1. The van der Waals surface area contributed by atoms with E-state index in [0.29, 0.717) is 18.0 Å². The number of halogens is 4. The number of carbonyl (C=O) groups is 1. The van der Waals surface area contributed by atoms with Crippen molar-refractivity contribution in [1.29, 1.82) is 0 Å². The summed E-state index contributed by atoms with van der Waals surface area (Å²) in [5.41, 5.74) is 5.69. The van der Waals surface area contributed by atoms with Crippen molar-refractivity contribution in [2.45, 2.75) is 31.5 Å². The van der Waals surface area contributed by atoms with E-state index in [1.807, 2.05) is 0 Å². The number of rotatable bonds is 5. The number of benzene rings is 1. The molecule has 0 heterocycles. The number of nitrogens with one attached hydrogen (secondary N) is 1. The molecule has 0 aliphatic heterocycles. The van der Waals surface area contributed by atoms with Crippen LogP contribution in [0.15, 0.2) is 24.3 Å². The predicted octanol–water partition coefficient (Wildman–Crippen LogP) is 2.52. The number of hydrogen-bond acceptors (Lipinski definition) is 2. The molecule has 3 nitrogen and oxygen atoms in total. The number of hydrogen-bond donors (Lipinski definition) is 2. The molecule has 7 heteroatoms. The van der Waals surface area contributed by atoms with Crippen LogP contribution >= 0.6 is 12.4 Å². The SMILES string of the molecule is Cl.NC(CNC(=O)Cc1ccc(C(F)(F)F)cc1)C1CC1. The molecule has 1 aromatic rings. The van der Waals surface area contributed by atoms with Gasteiger partial charge in [0.1, 0.15) is 0 Å². The van der Waals surface area contributed by atoms with Gasteiger partial charge in [-0.1, -0.05) is 12.1 Å². The minimum Gasteiger partial charge on any atom is -0.354 e. The van der Waals surface area contributed by atoms with E-state index >= 15 is 0 Å². The Kier molecular flexibility index (Phi) is 6.04. The molecular formula is C14H18ClF3N2O. The molecule has 21 heavy (non-hydrogen) atoms. The summed E-state index contributed by atoms with van der Waals surface area (Å²) < 4.78 is 37.1. The Bertz CT molecular complexity index is 472. The summed E-state index contributed by atoms with van der Waals surface area (Å²) in [7, 11) is 0. The first-order chi connectivity index (χ1) is 9.36. The van der Waals surface area contributed by atoms with E-state index in [9.17, 15) is 18.0 Å². The van der Waals surface area contributed by atoms with E-state index < -0.39 is 11.7 Å². The van der Waals surface area contributed by atoms with Gasteiger partial charge in [0.25, 0.3) is 0 Å². The van der Waals surface area contributed by atoms with Gasteiger partial charge in [-0.25, -0.2) is 0 Å². The molecule has 1 unspecified atom stereocenters. The second-order valence-corrected chi connectivity index (χ2v) is 5.18. The van der Waals surface area contributed by atoms with Gasteiger partial charge in [-0.15, -0.1) is 12.4 Å². The van der Waals surface area contributed by atoms with E-state index in [1.54, 1.807) is 0 Å². The highest BCUT2D eigenvalue weighted by Gasteiger charge is 2.30. The van der Waals surface area contributed by atoms with Crippen LogP contribution in [0, 0.1) is 5.92 Å². The minimum absolute atomic E-state index is 0. The van der Waals surface area contributed by atoms with Crippen LogP contribution in [0.1, 0.15) is 24.0 Å². The van der Waals surface area contributed by atoms with Crippen molar-refractivity contribution in [3.05, 3.63) is 35.4 Å². The largest absolute Gasteiger partial charge is 0.416 e. The normalized spacial score (nSPS) is 16.0. The van der Waals surface area contributed by atoms with Crippen molar-refractivity contribution >= 4 is 18.3 Å². The molecule has 0 spiro atoms. The third-order valence-corrected chi connectivity index (χ3v) is 3.41. The fourth-order valence-electron chi connectivity index (χ4n) is 1.98. The summed E-state index contributed by atoms with van der Waals surface area (Å²) in [6.45, 7) is 0.421. The monoisotopic (exact) mass is 322 g/mol. The van der Waals surface area contributed by atoms with Gasteiger partial charge in [0.15, 0.2) is 0 Å². The summed E-state index contributed by atoms with van der Waals surface area (Å²) >= 11 is 0. The quantitative estimate of drug-likeness (QED) is 0.875. The number of alkyl halides is 3. The van der Waals surface area contributed by atoms with Crippen LogP contribution in [-0.2, 0) is 17.4 Å². The molecule has 1 fully saturated rings. The topological polar surface area (TPSA) is 55.1 Å². The van der Waals surface area contributed by atoms with Crippen LogP contribution in [0.25, 0.3) is 0 Å². The molecule has 1 amide bonds. The van der Waals surface area contributed by atoms with Gasteiger partial charge in [0.2, 0.25) is 5.91 Å². The summed E-state index contributed by atoms with van der Waals surface area (Å²) in [4.78, 5) is 11.7. The van der Waals surface area contributed by atoms with Gasteiger partial charge in [0, 0.05) is 12.6 Å². The van der Waals surface area contributed by atoms with Crippen molar-refractivity contribution in [1.82, 2.24) is 5.32 Å². The van der Waals surface area contributed by atoms with E-state index in [-0.39, 0.29) is 30.8 Å². The number of carbonyl (C=O) groups excluding carboxylic acids is 1. The lowest BCUT2D eigenvalue weighted by molar-refractivity contribution is -0.137. The second-order valence-electron chi connectivity index (χ2n) is 5.18. The standard InChI is InChI=1S/C14H17F3N2O.ClH/c15-14(16,17)11-5-1-9(2-6-11)7-13(20)19-8-12(18)10-3-4-10;/h1-2,5-6,10,12H,3-4,7-8,18H2,(H,19,20);1H. The van der Waals surface area contributed by atoms with Crippen molar-refractivity contribution in [2.75, 3.05) is 6.54 Å². The van der Waals surface area contributed by atoms with Gasteiger partial charge in [-0.2, -0.15) is 13.2 Å². The summed E-state index contributed by atoms with van der Waals surface area (Å²) in [6.07, 6.45) is -2.07. The first kappa shape index (κ1) is 17.8. The van der Waals surface area contributed by atoms with Crippen LogP contribution in [-0.4, -0.2) is 18.5 Å². The zero-order chi connectivity index (χ0) is 14.8. The van der Waals surface area contributed by atoms with Gasteiger partial charge >= 0.3 is 6.18 Å². The van der Waals surface area contributed by atoms with Crippen molar-refractivity contribution in [3.63, 3.8) is 0 Å². The maximum absolute atomic E-state index is 12.4.